The van der Waals surface area contributed by atoms with Gasteiger partial charge in [0.25, 0.3) is 0 Å². The Balaban J connectivity index is 2.39. The topological polar surface area (TPSA) is 20.2 Å². The summed E-state index contributed by atoms with van der Waals surface area (Å²) in [5, 5.41) is 11.1. The maximum Gasteiger partial charge on any atom is 0.122 e. The Morgan fingerprint density at radius 3 is 1.17 bits per heavy atom. The van der Waals surface area contributed by atoms with Gasteiger partial charge in [-0.2, -0.15) is 0 Å². The first kappa shape index (κ1) is 33.4. The average molecular weight is 519 g/mol. The molecular weight excluding hydrogens is 456 g/mol. The molecule has 1 N–H and O–H groups in total. The van der Waals surface area contributed by atoms with Crippen LogP contribution in [0.4, 0.5) is 0 Å². The quantitative estimate of drug-likeness (QED) is 0.0971. The third-order valence-electron chi connectivity index (χ3n) is 7.61. The molecule has 0 saturated heterocycles. The molecule has 1 aromatic carbocycles. The normalized spacial score (nSPS) is 11.4. The number of benzene rings is 1. The van der Waals surface area contributed by atoms with Crippen molar-refractivity contribution >= 4 is 11.8 Å². The average Bonchev–Trinajstić information content (AvgIpc) is 2.88. The molecule has 0 saturated carbocycles. The van der Waals surface area contributed by atoms with Crippen molar-refractivity contribution in [1.82, 2.24) is 0 Å². The molecule has 0 heterocycles. The predicted molar refractivity (Wildman–Crippen MR) is 165 cm³/mol. The van der Waals surface area contributed by atoms with Crippen LogP contribution in [0.3, 0.4) is 0 Å². The van der Waals surface area contributed by atoms with Crippen LogP contribution in [0.1, 0.15) is 173 Å². The van der Waals surface area contributed by atoms with E-state index in [2.05, 4.69) is 32.9 Å². The molecule has 0 aliphatic carbocycles. The third kappa shape index (κ3) is 17.8. The van der Waals surface area contributed by atoms with E-state index in [-0.39, 0.29) is 0 Å². The van der Waals surface area contributed by atoms with Crippen molar-refractivity contribution in [2.45, 2.75) is 180 Å². The molecule has 0 fully saturated rings. The fourth-order valence-electron chi connectivity index (χ4n) is 5.13. The van der Waals surface area contributed by atoms with E-state index in [1.54, 1.807) is 0 Å². The van der Waals surface area contributed by atoms with Crippen molar-refractivity contribution in [3.05, 3.63) is 23.3 Å². The zero-order valence-electron chi connectivity index (χ0n) is 24.7. The molecule has 2 heteroatoms. The number of hydrogen-bond acceptors (Lipinski definition) is 2. The van der Waals surface area contributed by atoms with Gasteiger partial charge in [-0.05, 0) is 61.1 Å². The van der Waals surface area contributed by atoms with Crippen molar-refractivity contribution in [3.8, 4) is 5.75 Å². The number of aryl methyl sites for hydroxylation is 2. The molecule has 0 bridgehead atoms. The van der Waals surface area contributed by atoms with Crippen molar-refractivity contribution in [3.63, 3.8) is 0 Å². The van der Waals surface area contributed by atoms with Crippen LogP contribution in [0.15, 0.2) is 17.0 Å². The van der Waals surface area contributed by atoms with Crippen LogP contribution in [-0.4, -0.2) is 10.9 Å². The van der Waals surface area contributed by atoms with Gasteiger partial charge in [0.1, 0.15) is 5.75 Å². The highest BCUT2D eigenvalue weighted by Crippen LogP contribution is 2.32. The van der Waals surface area contributed by atoms with Crippen molar-refractivity contribution in [2.24, 2.45) is 0 Å². The minimum Gasteiger partial charge on any atom is -0.507 e. The predicted octanol–water partition coefficient (Wildman–Crippen LogP) is 12.2. The standard InChI is InChI=1S/C34H62OS/c1-4-7-10-12-14-16-18-20-22-24-26-31-29-33(36-28-9-6-3)30-32(34(31)35)27-25-23-21-19-17-15-13-11-8-5-2/h29-30,35H,4-28H2,1-3H3. The van der Waals surface area contributed by atoms with Gasteiger partial charge in [-0.25, -0.2) is 0 Å². The Morgan fingerprint density at radius 2 is 0.806 bits per heavy atom. The van der Waals surface area contributed by atoms with Gasteiger partial charge in [-0.3, -0.25) is 0 Å². The molecule has 1 rings (SSSR count). The summed E-state index contributed by atoms with van der Waals surface area (Å²) in [5.74, 6) is 1.80. The third-order valence-corrected chi connectivity index (χ3v) is 8.67. The summed E-state index contributed by atoms with van der Waals surface area (Å²) in [6.45, 7) is 6.85. The van der Waals surface area contributed by atoms with E-state index in [0.29, 0.717) is 5.75 Å². The van der Waals surface area contributed by atoms with E-state index in [4.69, 9.17) is 0 Å². The van der Waals surface area contributed by atoms with Gasteiger partial charge in [-0.1, -0.05) is 143 Å². The molecule has 0 radical (unpaired) electrons. The van der Waals surface area contributed by atoms with Crippen molar-refractivity contribution in [2.75, 3.05) is 5.75 Å². The number of phenols is 1. The lowest BCUT2D eigenvalue weighted by molar-refractivity contribution is 0.456. The molecular formula is C34H62OS. The van der Waals surface area contributed by atoms with Crippen LogP contribution in [0.2, 0.25) is 0 Å². The van der Waals surface area contributed by atoms with Gasteiger partial charge >= 0.3 is 0 Å². The molecule has 0 amide bonds. The van der Waals surface area contributed by atoms with Crippen LogP contribution in [0.5, 0.6) is 5.75 Å². The second-order valence-electron chi connectivity index (χ2n) is 11.2. The monoisotopic (exact) mass is 518 g/mol. The first-order valence-corrected chi connectivity index (χ1v) is 17.2. The zero-order chi connectivity index (χ0) is 26.1. The van der Waals surface area contributed by atoms with E-state index >= 15 is 0 Å². The molecule has 0 aliphatic heterocycles. The number of hydrogen-bond donors (Lipinski definition) is 1. The molecule has 0 atom stereocenters. The summed E-state index contributed by atoms with van der Waals surface area (Å²) < 4.78 is 0. The Hall–Kier alpha value is -0.630. The maximum absolute atomic E-state index is 11.1. The van der Waals surface area contributed by atoms with Crippen LogP contribution in [0.25, 0.3) is 0 Å². The lowest BCUT2D eigenvalue weighted by Crippen LogP contribution is -1.95. The Morgan fingerprint density at radius 1 is 0.472 bits per heavy atom. The molecule has 210 valence electrons. The minimum absolute atomic E-state index is 0.613. The maximum atomic E-state index is 11.1. The smallest absolute Gasteiger partial charge is 0.122 e. The van der Waals surface area contributed by atoms with Crippen LogP contribution in [-0.2, 0) is 12.8 Å². The van der Waals surface area contributed by atoms with Gasteiger partial charge in [-0.15, -0.1) is 11.8 Å². The fourth-order valence-corrected chi connectivity index (χ4v) is 6.25. The summed E-state index contributed by atoms with van der Waals surface area (Å²) in [4.78, 5) is 1.38. The van der Waals surface area contributed by atoms with Gasteiger partial charge in [0.15, 0.2) is 0 Å². The van der Waals surface area contributed by atoms with Crippen LogP contribution < -0.4 is 0 Å². The highest BCUT2D eigenvalue weighted by atomic mass is 32.2. The van der Waals surface area contributed by atoms with Gasteiger partial charge in [0.2, 0.25) is 0 Å². The number of aromatic hydroxyl groups is 1. The molecule has 1 nitrogen and oxygen atoms in total. The molecule has 1 aromatic rings. The Bertz CT molecular complexity index is 566. The van der Waals surface area contributed by atoms with Gasteiger partial charge in [0, 0.05) is 4.90 Å². The second kappa shape index (κ2) is 24.7. The van der Waals surface area contributed by atoms with E-state index < -0.39 is 0 Å². The number of phenolic OH excluding ortho intramolecular Hbond substituents is 1. The Labute approximate surface area is 231 Å². The second-order valence-corrected chi connectivity index (χ2v) is 12.3. The van der Waals surface area contributed by atoms with E-state index in [1.165, 1.54) is 163 Å². The summed E-state index contributed by atoms with van der Waals surface area (Å²) in [6, 6.07) is 4.59. The largest absolute Gasteiger partial charge is 0.507 e. The first-order valence-electron chi connectivity index (χ1n) is 16.2. The van der Waals surface area contributed by atoms with Gasteiger partial charge < -0.3 is 5.11 Å². The highest BCUT2D eigenvalue weighted by Gasteiger charge is 2.11. The molecule has 0 spiro atoms. The summed E-state index contributed by atoms with van der Waals surface area (Å²) in [6.07, 6.45) is 31.9. The minimum atomic E-state index is 0.613. The Kier molecular flexibility index (Phi) is 22.9. The summed E-state index contributed by atoms with van der Waals surface area (Å²) in [5.41, 5.74) is 2.41. The summed E-state index contributed by atoms with van der Waals surface area (Å²) in [7, 11) is 0. The fraction of sp³-hybridized carbons (Fsp3) is 0.824. The SMILES string of the molecule is CCCCCCCCCCCCc1cc(SCCCC)cc(CCCCCCCCCCCC)c1O. The molecule has 36 heavy (non-hydrogen) atoms. The molecule has 0 aromatic heterocycles. The number of thioether (sulfide) groups is 1. The van der Waals surface area contributed by atoms with E-state index in [0.717, 1.165) is 12.8 Å². The van der Waals surface area contributed by atoms with Gasteiger partial charge in [0.05, 0.1) is 0 Å². The molecule has 0 aliphatic rings. The van der Waals surface area contributed by atoms with Crippen molar-refractivity contribution in [1.29, 1.82) is 0 Å². The zero-order valence-corrected chi connectivity index (χ0v) is 25.5. The lowest BCUT2D eigenvalue weighted by atomic mass is 9.98. The first-order chi connectivity index (χ1) is 17.7. The van der Waals surface area contributed by atoms with E-state index in [1.807, 2.05) is 11.8 Å². The van der Waals surface area contributed by atoms with Crippen LogP contribution in [0, 0.1) is 0 Å². The lowest BCUT2D eigenvalue weighted by Gasteiger charge is -2.14. The number of unbranched alkanes of at least 4 members (excludes halogenated alkanes) is 19. The van der Waals surface area contributed by atoms with E-state index in [9.17, 15) is 5.11 Å². The van der Waals surface area contributed by atoms with Crippen LogP contribution >= 0.6 is 11.8 Å². The summed E-state index contributed by atoms with van der Waals surface area (Å²) >= 11 is 1.99. The molecule has 0 unspecified atom stereocenters. The van der Waals surface area contributed by atoms with Crippen molar-refractivity contribution < 1.29 is 5.11 Å². The highest BCUT2D eigenvalue weighted by molar-refractivity contribution is 7.99. The number of rotatable bonds is 26.